The van der Waals surface area contributed by atoms with Gasteiger partial charge in [-0.1, -0.05) is 37.0 Å². The van der Waals surface area contributed by atoms with Crippen molar-refractivity contribution in [2.45, 2.75) is 39.7 Å². The van der Waals surface area contributed by atoms with Crippen molar-refractivity contribution in [3.8, 4) is 11.8 Å². The fraction of sp³-hybridized carbons (Fsp3) is 0.389. The van der Waals surface area contributed by atoms with Crippen LogP contribution >= 0.6 is 0 Å². The van der Waals surface area contributed by atoms with Gasteiger partial charge in [0, 0.05) is 11.6 Å². The SMILES string of the molecule is CCc1cccc2c(C#CCO)cn(C(=O)OC(C)(C)C)c12. The quantitative estimate of drug-likeness (QED) is 0.822. The number of aliphatic hydroxyl groups excluding tert-OH is 1. The van der Waals surface area contributed by atoms with Crippen molar-refractivity contribution in [2.75, 3.05) is 6.61 Å². The number of benzene rings is 1. The van der Waals surface area contributed by atoms with Gasteiger partial charge in [0.05, 0.1) is 11.1 Å². The molecular formula is C18H21NO3. The number of carbonyl (C=O) groups excluding carboxylic acids is 1. The fourth-order valence-electron chi connectivity index (χ4n) is 2.33. The first kappa shape index (κ1) is 16.1. The molecule has 4 heteroatoms. The van der Waals surface area contributed by atoms with Gasteiger partial charge in [-0.2, -0.15) is 0 Å². The molecule has 2 rings (SSSR count). The van der Waals surface area contributed by atoms with Gasteiger partial charge in [0.2, 0.25) is 0 Å². The van der Waals surface area contributed by atoms with Crippen LogP contribution < -0.4 is 0 Å². The Morgan fingerprint density at radius 1 is 1.36 bits per heavy atom. The molecule has 0 radical (unpaired) electrons. The number of ether oxygens (including phenoxy) is 1. The smallest absolute Gasteiger partial charge is 0.419 e. The highest BCUT2D eigenvalue weighted by Crippen LogP contribution is 2.26. The first-order chi connectivity index (χ1) is 10.4. The average molecular weight is 299 g/mol. The molecule has 0 aliphatic rings. The Morgan fingerprint density at radius 3 is 2.68 bits per heavy atom. The summed E-state index contributed by atoms with van der Waals surface area (Å²) in [7, 11) is 0. The Kier molecular flexibility index (Phi) is 4.58. The number of para-hydroxylation sites is 1. The van der Waals surface area contributed by atoms with Gasteiger partial charge in [-0.05, 0) is 32.8 Å². The zero-order valence-electron chi connectivity index (χ0n) is 13.4. The van der Waals surface area contributed by atoms with Crippen molar-refractivity contribution < 1.29 is 14.6 Å². The summed E-state index contributed by atoms with van der Waals surface area (Å²) in [6, 6.07) is 5.87. The zero-order chi connectivity index (χ0) is 16.3. The lowest BCUT2D eigenvalue weighted by Gasteiger charge is -2.20. The molecule has 0 fully saturated rings. The third-order valence-electron chi connectivity index (χ3n) is 3.18. The van der Waals surface area contributed by atoms with Crippen molar-refractivity contribution in [3.05, 3.63) is 35.5 Å². The van der Waals surface area contributed by atoms with Crippen molar-refractivity contribution in [3.63, 3.8) is 0 Å². The molecule has 1 heterocycles. The monoisotopic (exact) mass is 299 g/mol. The second-order valence-electron chi connectivity index (χ2n) is 6.02. The van der Waals surface area contributed by atoms with E-state index in [1.165, 1.54) is 4.57 Å². The average Bonchev–Trinajstić information content (AvgIpc) is 2.82. The first-order valence-electron chi connectivity index (χ1n) is 7.33. The molecule has 22 heavy (non-hydrogen) atoms. The Labute approximate surface area is 130 Å². The molecule has 1 aromatic heterocycles. The molecule has 1 aromatic carbocycles. The lowest BCUT2D eigenvalue weighted by atomic mass is 10.1. The number of fused-ring (bicyclic) bond motifs is 1. The van der Waals surface area contributed by atoms with E-state index in [0.29, 0.717) is 5.56 Å². The van der Waals surface area contributed by atoms with Crippen LogP contribution in [0.5, 0.6) is 0 Å². The summed E-state index contributed by atoms with van der Waals surface area (Å²) in [4.78, 5) is 12.5. The second kappa shape index (κ2) is 6.25. The molecule has 4 nitrogen and oxygen atoms in total. The van der Waals surface area contributed by atoms with Gasteiger partial charge in [-0.25, -0.2) is 4.79 Å². The predicted molar refractivity (Wildman–Crippen MR) is 86.9 cm³/mol. The number of aliphatic hydroxyl groups is 1. The van der Waals surface area contributed by atoms with Gasteiger partial charge in [-0.3, -0.25) is 4.57 Å². The van der Waals surface area contributed by atoms with E-state index >= 15 is 0 Å². The Hall–Kier alpha value is -2.25. The maximum absolute atomic E-state index is 12.5. The normalized spacial score (nSPS) is 11.1. The van der Waals surface area contributed by atoms with Gasteiger partial charge in [0.15, 0.2) is 0 Å². The number of rotatable bonds is 1. The minimum absolute atomic E-state index is 0.216. The number of aromatic nitrogens is 1. The summed E-state index contributed by atoms with van der Waals surface area (Å²) in [6.07, 6.45) is 2.06. The highest BCUT2D eigenvalue weighted by atomic mass is 16.6. The molecular weight excluding hydrogens is 278 g/mol. The summed E-state index contributed by atoms with van der Waals surface area (Å²) in [5.41, 5.74) is 2.03. The summed E-state index contributed by atoms with van der Waals surface area (Å²) < 4.78 is 6.99. The molecule has 0 saturated heterocycles. The third kappa shape index (κ3) is 3.32. The van der Waals surface area contributed by atoms with Gasteiger partial charge < -0.3 is 9.84 Å². The van der Waals surface area contributed by atoms with E-state index in [2.05, 4.69) is 11.8 Å². The van der Waals surface area contributed by atoms with Gasteiger partial charge in [0.25, 0.3) is 0 Å². The van der Waals surface area contributed by atoms with Crippen LogP contribution in [0.4, 0.5) is 4.79 Å². The molecule has 0 bridgehead atoms. The molecule has 0 saturated carbocycles. The van der Waals surface area contributed by atoms with Crippen LogP contribution in [0.25, 0.3) is 10.9 Å². The van der Waals surface area contributed by atoms with E-state index in [1.807, 2.05) is 45.9 Å². The highest BCUT2D eigenvalue weighted by molar-refractivity contribution is 5.95. The lowest BCUT2D eigenvalue weighted by Crippen LogP contribution is -2.26. The van der Waals surface area contributed by atoms with Gasteiger partial charge in [0.1, 0.15) is 12.2 Å². The Bertz CT molecular complexity index is 754. The van der Waals surface area contributed by atoms with Crippen LogP contribution in [0.3, 0.4) is 0 Å². The van der Waals surface area contributed by atoms with Crippen LogP contribution in [0.2, 0.25) is 0 Å². The number of hydrogen-bond donors (Lipinski definition) is 1. The van der Waals surface area contributed by atoms with Crippen LogP contribution in [0.1, 0.15) is 38.8 Å². The summed E-state index contributed by atoms with van der Waals surface area (Å²) in [5.74, 6) is 5.53. The van der Waals surface area contributed by atoms with Gasteiger partial charge in [-0.15, -0.1) is 0 Å². The van der Waals surface area contributed by atoms with E-state index < -0.39 is 11.7 Å². The molecule has 0 spiro atoms. The Morgan fingerprint density at radius 2 is 2.09 bits per heavy atom. The van der Waals surface area contributed by atoms with Crippen LogP contribution in [0, 0.1) is 11.8 Å². The van der Waals surface area contributed by atoms with Gasteiger partial charge >= 0.3 is 6.09 Å². The molecule has 0 aliphatic heterocycles. The maximum Gasteiger partial charge on any atom is 0.419 e. The first-order valence-corrected chi connectivity index (χ1v) is 7.33. The highest BCUT2D eigenvalue weighted by Gasteiger charge is 2.21. The van der Waals surface area contributed by atoms with E-state index in [1.54, 1.807) is 6.20 Å². The van der Waals surface area contributed by atoms with E-state index in [9.17, 15) is 4.79 Å². The van der Waals surface area contributed by atoms with E-state index in [4.69, 9.17) is 9.84 Å². The molecule has 0 atom stereocenters. The second-order valence-corrected chi connectivity index (χ2v) is 6.02. The molecule has 0 aliphatic carbocycles. The fourth-order valence-corrected chi connectivity index (χ4v) is 2.33. The summed E-state index contributed by atoms with van der Waals surface area (Å²) in [5, 5.41) is 9.79. The number of hydrogen-bond acceptors (Lipinski definition) is 3. The minimum Gasteiger partial charge on any atom is -0.443 e. The zero-order valence-corrected chi connectivity index (χ0v) is 13.4. The molecule has 0 unspecified atom stereocenters. The lowest BCUT2D eigenvalue weighted by molar-refractivity contribution is 0.0544. The van der Waals surface area contributed by atoms with Crippen molar-refractivity contribution in [1.82, 2.24) is 4.57 Å². The summed E-state index contributed by atoms with van der Waals surface area (Å²) >= 11 is 0. The summed E-state index contributed by atoms with van der Waals surface area (Å²) in [6.45, 7) is 7.34. The number of carbonyl (C=O) groups is 1. The molecule has 0 amide bonds. The largest absolute Gasteiger partial charge is 0.443 e. The maximum atomic E-state index is 12.5. The molecule has 1 N–H and O–H groups in total. The molecule has 2 aromatic rings. The molecule has 116 valence electrons. The predicted octanol–water partition coefficient (Wildman–Crippen LogP) is 3.33. The topological polar surface area (TPSA) is 51.5 Å². The number of nitrogens with zero attached hydrogens (tertiary/aromatic N) is 1. The van der Waals surface area contributed by atoms with Crippen molar-refractivity contribution in [1.29, 1.82) is 0 Å². The van der Waals surface area contributed by atoms with Crippen molar-refractivity contribution >= 4 is 17.0 Å². The standard InChI is InChI=1S/C18H21NO3/c1-5-13-8-6-10-15-14(9-7-11-20)12-19(16(13)15)17(21)22-18(2,3)4/h6,8,10,12,20H,5,11H2,1-4H3. The van der Waals surface area contributed by atoms with Crippen LogP contribution in [-0.2, 0) is 11.2 Å². The number of aryl methyl sites for hydroxylation is 1. The van der Waals surface area contributed by atoms with E-state index in [-0.39, 0.29) is 6.61 Å². The van der Waals surface area contributed by atoms with Crippen LogP contribution in [-0.4, -0.2) is 28.0 Å². The van der Waals surface area contributed by atoms with E-state index in [0.717, 1.165) is 22.9 Å². The van der Waals surface area contributed by atoms with Crippen LogP contribution in [0.15, 0.2) is 24.4 Å². The Balaban J connectivity index is 2.65. The third-order valence-corrected chi connectivity index (χ3v) is 3.18. The van der Waals surface area contributed by atoms with Crippen molar-refractivity contribution in [2.24, 2.45) is 0 Å². The minimum atomic E-state index is -0.564.